The van der Waals surface area contributed by atoms with Gasteiger partial charge in [-0.2, -0.15) is 0 Å². The number of aliphatic imine (C=N–C) groups is 1. The first-order chi connectivity index (χ1) is 18.1. The Hall–Kier alpha value is -3.20. The van der Waals surface area contributed by atoms with Gasteiger partial charge in [0.15, 0.2) is 0 Å². The second-order valence-corrected chi connectivity index (χ2v) is 10.1. The lowest BCUT2D eigenvalue weighted by Crippen LogP contribution is -2.46. The molecule has 0 radical (unpaired) electrons. The van der Waals surface area contributed by atoms with Gasteiger partial charge in [0.1, 0.15) is 0 Å². The molecule has 1 amide bonds. The van der Waals surface area contributed by atoms with Crippen LogP contribution in [0.2, 0.25) is 0 Å². The van der Waals surface area contributed by atoms with Gasteiger partial charge in [0.2, 0.25) is 0 Å². The van der Waals surface area contributed by atoms with Gasteiger partial charge < -0.3 is 25.8 Å². The molecule has 3 heterocycles. The first-order valence-electron chi connectivity index (χ1n) is 13.3. The average Bonchev–Trinajstić information content (AvgIpc) is 2.93. The van der Waals surface area contributed by atoms with Crippen molar-refractivity contribution in [2.24, 2.45) is 10.7 Å². The molecule has 1 saturated heterocycles. The molecule has 1 unspecified atom stereocenters. The molecule has 1 atom stereocenters. The number of nitrogens with one attached hydrogen (secondary N) is 1. The minimum Gasteiger partial charge on any atom is -0.403 e. The highest BCUT2D eigenvalue weighted by molar-refractivity contribution is 5.98. The van der Waals surface area contributed by atoms with E-state index in [-0.39, 0.29) is 11.9 Å². The van der Waals surface area contributed by atoms with Gasteiger partial charge in [0.25, 0.3) is 5.91 Å². The number of rotatable bonds is 8. The number of ether oxygens (including phenoxy) is 1. The van der Waals surface area contributed by atoms with E-state index in [2.05, 4.69) is 39.5 Å². The number of aliphatic hydroxyl groups excluding tert-OH is 1. The predicted molar refractivity (Wildman–Crippen MR) is 146 cm³/mol. The monoisotopic (exact) mass is 503 g/mol. The molecule has 1 fully saturated rings. The molecule has 3 aliphatic heterocycles. The van der Waals surface area contributed by atoms with Crippen LogP contribution in [0.15, 0.2) is 59.4 Å². The molecular formula is C29H37N5O3. The molecule has 0 aromatic heterocycles. The van der Waals surface area contributed by atoms with Crippen molar-refractivity contribution in [1.82, 2.24) is 9.80 Å². The van der Waals surface area contributed by atoms with Crippen molar-refractivity contribution in [2.75, 3.05) is 44.7 Å². The summed E-state index contributed by atoms with van der Waals surface area (Å²) in [6.45, 7) is 4.75. The van der Waals surface area contributed by atoms with Crippen LogP contribution in [-0.4, -0.2) is 78.6 Å². The molecule has 8 nitrogen and oxygen atoms in total. The number of aliphatic hydroxyl groups is 1. The van der Waals surface area contributed by atoms with Gasteiger partial charge in [-0.05, 0) is 54.5 Å². The zero-order valence-corrected chi connectivity index (χ0v) is 21.3. The van der Waals surface area contributed by atoms with Crippen LogP contribution in [0, 0.1) is 0 Å². The highest BCUT2D eigenvalue weighted by Gasteiger charge is 2.27. The molecule has 2 aromatic rings. The van der Waals surface area contributed by atoms with E-state index >= 15 is 0 Å². The van der Waals surface area contributed by atoms with Crippen LogP contribution in [0.5, 0.6) is 0 Å². The fourth-order valence-electron chi connectivity index (χ4n) is 5.40. The van der Waals surface area contributed by atoms with Crippen molar-refractivity contribution >= 4 is 17.8 Å². The van der Waals surface area contributed by atoms with Crippen molar-refractivity contribution in [2.45, 2.75) is 44.4 Å². The smallest absolute Gasteiger partial charge is 0.254 e. The summed E-state index contributed by atoms with van der Waals surface area (Å²) in [6, 6.07) is 14.6. The summed E-state index contributed by atoms with van der Waals surface area (Å²) in [5, 5.41) is 14.1. The van der Waals surface area contributed by atoms with Gasteiger partial charge in [-0.3, -0.25) is 14.7 Å². The average molecular weight is 504 g/mol. The first-order valence-corrected chi connectivity index (χ1v) is 13.3. The summed E-state index contributed by atoms with van der Waals surface area (Å²) >= 11 is 0. The van der Waals surface area contributed by atoms with Crippen molar-refractivity contribution in [3.05, 3.63) is 76.6 Å². The number of allylic oxidation sites excluding steroid dienone is 1. The molecule has 0 saturated carbocycles. The van der Waals surface area contributed by atoms with Gasteiger partial charge in [0.05, 0.1) is 17.8 Å². The van der Waals surface area contributed by atoms with Crippen LogP contribution < -0.4 is 11.1 Å². The molecule has 37 heavy (non-hydrogen) atoms. The number of hydrogen-bond acceptors (Lipinski definition) is 7. The maximum atomic E-state index is 13.3. The molecule has 0 spiro atoms. The van der Waals surface area contributed by atoms with Crippen molar-refractivity contribution < 1.29 is 14.6 Å². The Morgan fingerprint density at radius 2 is 1.89 bits per heavy atom. The topological polar surface area (TPSA) is 103 Å². The third-order valence-electron chi connectivity index (χ3n) is 7.47. The van der Waals surface area contributed by atoms with Crippen molar-refractivity contribution in [3.63, 3.8) is 0 Å². The molecular weight excluding hydrogens is 466 g/mol. The lowest BCUT2D eigenvalue weighted by Gasteiger charge is -2.34. The Labute approximate surface area is 218 Å². The summed E-state index contributed by atoms with van der Waals surface area (Å²) in [7, 11) is 0. The van der Waals surface area contributed by atoms with Gasteiger partial charge in [-0.25, -0.2) is 0 Å². The number of benzene rings is 2. The molecule has 196 valence electrons. The highest BCUT2D eigenvalue weighted by atomic mass is 16.5. The Morgan fingerprint density at radius 3 is 2.70 bits per heavy atom. The van der Waals surface area contributed by atoms with Crippen molar-refractivity contribution in [1.29, 1.82) is 0 Å². The Balaban J connectivity index is 1.18. The third kappa shape index (κ3) is 6.39. The fraction of sp³-hybridized carbons (Fsp3) is 0.448. The molecule has 5 rings (SSSR count). The number of amides is 1. The predicted octanol–water partition coefficient (Wildman–Crippen LogP) is 2.57. The maximum absolute atomic E-state index is 13.3. The van der Waals surface area contributed by atoms with E-state index < -0.39 is 6.10 Å². The number of β-amino-alcohol motifs (C(OH)–C–C–N with tert-alkyl or cyclic N) is 1. The summed E-state index contributed by atoms with van der Waals surface area (Å²) in [5.74, 6) is -0.0397. The second kappa shape index (κ2) is 11.9. The van der Waals surface area contributed by atoms with Crippen LogP contribution in [-0.2, 0) is 24.1 Å². The van der Waals surface area contributed by atoms with Gasteiger partial charge >= 0.3 is 0 Å². The van der Waals surface area contributed by atoms with E-state index in [1.54, 1.807) is 11.1 Å². The van der Waals surface area contributed by atoms with Crippen LogP contribution in [0.25, 0.3) is 0 Å². The first kappa shape index (κ1) is 25.4. The van der Waals surface area contributed by atoms with Crippen LogP contribution in [0.3, 0.4) is 0 Å². The van der Waals surface area contributed by atoms with Crippen molar-refractivity contribution in [3.8, 4) is 0 Å². The van der Waals surface area contributed by atoms with Crippen LogP contribution in [0.1, 0.15) is 39.9 Å². The Morgan fingerprint density at radius 1 is 1.11 bits per heavy atom. The lowest BCUT2D eigenvalue weighted by molar-refractivity contribution is 0.0493. The SMILES string of the molecule is NC=C(C=NC1CCOCC1)Nc1ccc2c(c1)C(=O)N(CC(O)CN1CCc3ccccc3C1)CC2. The standard InChI is InChI=1S/C29H37N5O3/c30-16-26(17-31-24-9-13-37-14-10-24)32-25-6-5-22-8-12-34(29(36)28(22)15-25)20-27(35)19-33-11-7-21-3-1-2-4-23(21)18-33/h1-6,15-17,24,27,32,35H,7-14,18-20,30H2. The van der Waals surface area contributed by atoms with Gasteiger partial charge in [0, 0.05) is 69.6 Å². The van der Waals surface area contributed by atoms with E-state index in [1.807, 2.05) is 18.2 Å². The summed E-state index contributed by atoms with van der Waals surface area (Å²) in [6.07, 6.45) is 6.25. The maximum Gasteiger partial charge on any atom is 0.254 e. The molecule has 3 aliphatic rings. The van der Waals surface area contributed by atoms with E-state index in [0.29, 0.717) is 30.9 Å². The third-order valence-corrected chi connectivity index (χ3v) is 7.47. The molecule has 0 bridgehead atoms. The van der Waals surface area contributed by atoms with E-state index in [4.69, 9.17) is 10.5 Å². The lowest BCUT2D eigenvalue weighted by atomic mass is 9.97. The number of nitrogens with two attached hydrogens (primary N) is 1. The van der Waals surface area contributed by atoms with Gasteiger partial charge in [-0.1, -0.05) is 30.3 Å². The number of hydrogen-bond donors (Lipinski definition) is 3. The second-order valence-electron chi connectivity index (χ2n) is 10.1. The minimum absolute atomic E-state index is 0.0397. The fourth-order valence-corrected chi connectivity index (χ4v) is 5.40. The zero-order valence-electron chi connectivity index (χ0n) is 21.3. The van der Waals surface area contributed by atoms with Crippen LogP contribution >= 0.6 is 0 Å². The zero-order chi connectivity index (χ0) is 25.6. The Bertz CT molecular complexity index is 1160. The van der Waals surface area contributed by atoms with Crippen LogP contribution in [0.4, 0.5) is 5.69 Å². The normalized spacial score (nSPS) is 20.1. The molecule has 4 N–H and O–H groups in total. The van der Waals surface area contributed by atoms with E-state index in [9.17, 15) is 9.90 Å². The van der Waals surface area contributed by atoms with E-state index in [0.717, 1.165) is 63.2 Å². The number of nitrogens with zero attached hydrogens (tertiary/aromatic N) is 3. The highest BCUT2D eigenvalue weighted by Crippen LogP contribution is 2.24. The molecule has 2 aromatic carbocycles. The summed E-state index contributed by atoms with van der Waals surface area (Å²) in [4.78, 5) is 22.0. The number of carbonyl (C=O) groups excluding carboxylic acids is 1. The van der Waals surface area contributed by atoms with Gasteiger partial charge in [-0.15, -0.1) is 0 Å². The largest absolute Gasteiger partial charge is 0.403 e. The minimum atomic E-state index is -0.592. The molecule has 8 heteroatoms. The number of anilines is 1. The quantitative estimate of drug-likeness (QED) is 0.479. The number of carbonyl (C=O) groups is 1. The Kier molecular flexibility index (Phi) is 8.18. The number of fused-ring (bicyclic) bond motifs is 2. The summed E-state index contributed by atoms with van der Waals surface area (Å²) in [5.41, 5.74) is 11.7. The van der Waals surface area contributed by atoms with E-state index in [1.165, 1.54) is 17.3 Å². The summed E-state index contributed by atoms with van der Waals surface area (Å²) < 4.78 is 5.39. The molecule has 0 aliphatic carbocycles.